The van der Waals surface area contributed by atoms with Gasteiger partial charge in [-0.25, -0.2) is 4.98 Å². The molecule has 1 aromatic carbocycles. The Balaban J connectivity index is 1.71. The van der Waals surface area contributed by atoms with Gasteiger partial charge in [0.25, 0.3) is 0 Å². The van der Waals surface area contributed by atoms with Crippen molar-refractivity contribution < 1.29 is 0 Å². The molecule has 1 aromatic heterocycles. The maximum atomic E-state index is 4.42. The molecule has 0 radical (unpaired) electrons. The fourth-order valence-corrected chi connectivity index (χ4v) is 2.69. The molecule has 17 heavy (non-hydrogen) atoms. The smallest absolute Gasteiger partial charge is 0.104 e. The number of nitrogens with one attached hydrogen (secondary N) is 2. The first kappa shape index (κ1) is 10.8. The first-order chi connectivity index (χ1) is 8.31. The van der Waals surface area contributed by atoms with E-state index in [1.54, 1.807) is 0 Å². The number of H-pyrrole nitrogens is 1. The van der Waals surface area contributed by atoms with Crippen molar-refractivity contribution in [1.82, 2.24) is 15.3 Å². The van der Waals surface area contributed by atoms with Gasteiger partial charge in [-0.05, 0) is 37.5 Å². The lowest BCUT2D eigenvalue weighted by Gasteiger charge is -2.11. The van der Waals surface area contributed by atoms with Crippen LogP contribution in [0.3, 0.4) is 0 Å². The third-order valence-corrected chi connectivity index (χ3v) is 3.61. The predicted octanol–water partition coefficient (Wildman–Crippen LogP) is 2.90. The highest BCUT2D eigenvalue weighted by atomic mass is 14.9. The SMILES string of the molecule is Cc1nc2ccc(CNC3CCCC3)cc2[nH]1. The number of nitrogens with zero attached hydrogens (tertiary/aromatic N) is 1. The summed E-state index contributed by atoms with van der Waals surface area (Å²) in [5.74, 6) is 0.987. The largest absolute Gasteiger partial charge is 0.342 e. The predicted molar refractivity (Wildman–Crippen MR) is 69.9 cm³/mol. The van der Waals surface area contributed by atoms with Crippen LogP contribution in [0.2, 0.25) is 0 Å². The summed E-state index contributed by atoms with van der Waals surface area (Å²) < 4.78 is 0. The summed E-state index contributed by atoms with van der Waals surface area (Å²) >= 11 is 0. The lowest BCUT2D eigenvalue weighted by Crippen LogP contribution is -2.25. The average Bonchev–Trinajstić information content (AvgIpc) is 2.92. The van der Waals surface area contributed by atoms with Crippen LogP contribution in [-0.4, -0.2) is 16.0 Å². The Labute approximate surface area is 102 Å². The molecule has 3 nitrogen and oxygen atoms in total. The van der Waals surface area contributed by atoms with E-state index in [1.165, 1.54) is 31.2 Å². The lowest BCUT2D eigenvalue weighted by atomic mass is 10.2. The number of imidazole rings is 1. The highest BCUT2D eigenvalue weighted by Crippen LogP contribution is 2.19. The van der Waals surface area contributed by atoms with Crippen molar-refractivity contribution in [3.63, 3.8) is 0 Å². The van der Waals surface area contributed by atoms with Gasteiger partial charge in [-0.2, -0.15) is 0 Å². The summed E-state index contributed by atoms with van der Waals surface area (Å²) in [7, 11) is 0. The van der Waals surface area contributed by atoms with Crippen LogP contribution in [-0.2, 0) is 6.54 Å². The molecule has 0 unspecified atom stereocenters. The van der Waals surface area contributed by atoms with Crippen molar-refractivity contribution >= 4 is 11.0 Å². The number of aryl methyl sites for hydroxylation is 1. The molecule has 1 heterocycles. The molecule has 2 N–H and O–H groups in total. The first-order valence-electron chi connectivity index (χ1n) is 6.50. The third kappa shape index (κ3) is 2.34. The number of rotatable bonds is 3. The topological polar surface area (TPSA) is 40.7 Å². The highest BCUT2D eigenvalue weighted by Gasteiger charge is 2.13. The molecular formula is C14H19N3. The van der Waals surface area contributed by atoms with Gasteiger partial charge in [0, 0.05) is 12.6 Å². The molecule has 0 spiro atoms. The van der Waals surface area contributed by atoms with Crippen LogP contribution >= 0.6 is 0 Å². The summed E-state index contributed by atoms with van der Waals surface area (Å²) in [6.45, 7) is 2.97. The monoisotopic (exact) mass is 229 g/mol. The van der Waals surface area contributed by atoms with Crippen molar-refractivity contribution in [3.8, 4) is 0 Å². The Hall–Kier alpha value is -1.35. The van der Waals surface area contributed by atoms with E-state index in [1.807, 2.05) is 6.92 Å². The normalized spacial score (nSPS) is 17.0. The van der Waals surface area contributed by atoms with Crippen LogP contribution in [0.25, 0.3) is 11.0 Å². The molecule has 0 aliphatic heterocycles. The van der Waals surface area contributed by atoms with E-state index in [0.717, 1.165) is 29.4 Å². The summed E-state index contributed by atoms with van der Waals surface area (Å²) in [6, 6.07) is 7.21. The minimum Gasteiger partial charge on any atom is -0.342 e. The molecular weight excluding hydrogens is 210 g/mol. The summed E-state index contributed by atoms with van der Waals surface area (Å²) in [5, 5.41) is 3.64. The minimum atomic E-state index is 0.731. The van der Waals surface area contributed by atoms with Gasteiger partial charge < -0.3 is 10.3 Å². The Morgan fingerprint density at radius 2 is 2.18 bits per heavy atom. The van der Waals surface area contributed by atoms with Crippen LogP contribution in [0, 0.1) is 6.92 Å². The van der Waals surface area contributed by atoms with Crippen molar-refractivity contribution in [1.29, 1.82) is 0 Å². The maximum Gasteiger partial charge on any atom is 0.104 e. The van der Waals surface area contributed by atoms with Gasteiger partial charge in [0.1, 0.15) is 5.82 Å². The van der Waals surface area contributed by atoms with E-state index >= 15 is 0 Å². The Morgan fingerprint density at radius 3 is 3.00 bits per heavy atom. The molecule has 1 saturated carbocycles. The van der Waals surface area contributed by atoms with E-state index in [4.69, 9.17) is 0 Å². The van der Waals surface area contributed by atoms with Crippen LogP contribution in [0.1, 0.15) is 37.1 Å². The molecule has 90 valence electrons. The van der Waals surface area contributed by atoms with Gasteiger partial charge in [0.05, 0.1) is 11.0 Å². The molecule has 0 bridgehead atoms. The standard InChI is InChI=1S/C14H19N3/c1-10-16-13-7-6-11(8-14(13)17-10)9-15-12-4-2-3-5-12/h6-8,12,15H,2-5,9H2,1H3,(H,16,17). The molecule has 2 aromatic rings. The molecule has 0 amide bonds. The maximum absolute atomic E-state index is 4.42. The fraction of sp³-hybridized carbons (Fsp3) is 0.500. The molecule has 1 aliphatic carbocycles. The second-order valence-corrected chi connectivity index (χ2v) is 5.04. The van der Waals surface area contributed by atoms with Crippen LogP contribution in [0.4, 0.5) is 0 Å². The molecule has 0 atom stereocenters. The molecule has 0 saturated heterocycles. The summed E-state index contributed by atoms with van der Waals surface area (Å²) in [5.41, 5.74) is 3.55. The number of hydrogen-bond donors (Lipinski definition) is 2. The second kappa shape index (κ2) is 4.49. The quantitative estimate of drug-likeness (QED) is 0.849. The highest BCUT2D eigenvalue weighted by molar-refractivity contribution is 5.75. The zero-order chi connectivity index (χ0) is 11.7. The van der Waals surface area contributed by atoms with Gasteiger partial charge in [-0.1, -0.05) is 18.9 Å². The number of aromatic amines is 1. The van der Waals surface area contributed by atoms with Crippen molar-refractivity contribution in [3.05, 3.63) is 29.6 Å². The van der Waals surface area contributed by atoms with Crippen molar-refractivity contribution in [2.45, 2.75) is 45.2 Å². The fourth-order valence-electron chi connectivity index (χ4n) is 2.69. The Kier molecular flexibility index (Phi) is 2.85. The van der Waals surface area contributed by atoms with E-state index in [0.29, 0.717) is 0 Å². The molecule has 1 fully saturated rings. The zero-order valence-electron chi connectivity index (χ0n) is 10.3. The summed E-state index contributed by atoms with van der Waals surface area (Å²) in [4.78, 5) is 7.70. The Morgan fingerprint density at radius 1 is 1.35 bits per heavy atom. The minimum absolute atomic E-state index is 0.731. The number of hydrogen-bond acceptors (Lipinski definition) is 2. The third-order valence-electron chi connectivity index (χ3n) is 3.61. The van der Waals surface area contributed by atoms with Gasteiger partial charge >= 0.3 is 0 Å². The van der Waals surface area contributed by atoms with Gasteiger partial charge in [-0.3, -0.25) is 0 Å². The van der Waals surface area contributed by atoms with Gasteiger partial charge in [-0.15, -0.1) is 0 Å². The zero-order valence-corrected chi connectivity index (χ0v) is 10.3. The van der Waals surface area contributed by atoms with Crippen LogP contribution in [0.15, 0.2) is 18.2 Å². The van der Waals surface area contributed by atoms with E-state index < -0.39 is 0 Å². The molecule has 3 rings (SSSR count). The Bertz CT molecular complexity index is 509. The van der Waals surface area contributed by atoms with Crippen molar-refractivity contribution in [2.24, 2.45) is 0 Å². The lowest BCUT2D eigenvalue weighted by molar-refractivity contribution is 0.524. The van der Waals surface area contributed by atoms with E-state index in [2.05, 4.69) is 33.5 Å². The summed E-state index contributed by atoms with van der Waals surface area (Å²) in [6.07, 6.45) is 5.45. The van der Waals surface area contributed by atoms with E-state index in [9.17, 15) is 0 Å². The first-order valence-corrected chi connectivity index (χ1v) is 6.50. The van der Waals surface area contributed by atoms with Crippen molar-refractivity contribution in [2.75, 3.05) is 0 Å². The average molecular weight is 229 g/mol. The van der Waals surface area contributed by atoms with Crippen LogP contribution in [0.5, 0.6) is 0 Å². The van der Waals surface area contributed by atoms with Crippen LogP contribution < -0.4 is 5.32 Å². The second-order valence-electron chi connectivity index (χ2n) is 5.04. The van der Waals surface area contributed by atoms with Gasteiger partial charge in [0.2, 0.25) is 0 Å². The molecule has 3 heteroatoms. The number of aromatic nitrogens is 2. The van der Waals surface area contributed by atoms with Gasteiger partial charge in [0.15, 0.2) is 0 Å². The number of benzene rings is 1. The number of fused-ring (bicyclic) bond motifs is 1. The van der Waals surface area contributed by atoms with E-state index in [-0.39, 0.29) is 0 Å². The molecule has 1 aliphatic rings.